The third-order valence-electron chi connectivity index (χ3n) is 3.49. The summed E-state index contributed by atoms with van der Waals surface area (Å²) in [4.78, 5) is 12.2. The third kappa shape index (κ3) is 2.10. The van der Waals surface area contributed by atoms with Gasteiger partial charge in [0, 0.05) is 32.2 Å². The number of aromatic nitrogens is 3. The van der Waals surface area contributed by atoms with Gasteiger partial charge in [-0.15, -0.1) is 5.10 Å². The highest BCUT2D eigenvalue weighted by Gasteiger charge is 2.27. The zero-order chi connectivity index (χ0) is 11.7. The van der Waals surface area contributed by atoms with Crippen molar-refractivity contribution in [2.45, 2.75) is 18.9 Å². The van der Waals surface area contributed by atoms with Crippen molar-refractivity contribution in [2.24, 2.45) is 5.92 Å². The average molecular weight is 236 g/mol. The predicted molar refractivity (Wildman–Crippen MR) is 59.8 cm³/mol. The summed E-state index contributed by atoms with van der Waals surface area (Å²) in [6.07, 6.45) is 3.39. The number of hydrogen-bond acceptors (Lipinski definition) is 5. The van der Waals surface area contributed by atoms with Gasteiger partial charge in [0.25, 0.3) is 0 Å². The first-order chi connectivity index (χ1) is 8.34. The van der Waals surface area contributed by atoms with E-state index in [0.717, 1.165) is 25.9 Å². The lowest BCUT2D eigenvalue weighted by atomic mass is 9.94. The van der Waals surface area contributed by atoms with Crippen LogP contribution in [0.1, 0.15) is 29.4 Å². The molecule has 3 rings (SSSR count). The van der Waals surface area contributed by atoms with Crippen molar-refractivity contribution in [1.29, 1.82) is 0 Å². The Hall–Kier alpha value is -1.27. The molecule has 2 fully saturated rings. The molecule has 6 nitrogen and oxygen atoms in total. The molecule has 1 N–H and O–H groups in total. The maximum Gasteiger partial charge on any atom is 0.187 e. The Kier molecular flexibility index (Phi) is 2.90. The quantitative estimate of drug-likeness (QED) is 0.750. The van der Waals surface area contributed by atoms with Gasteiger partial charge in [-0.2, -0.15) is 0 Å². The number of nitrogens with one attached hydrogen (secondary N) is 1. The van der Waals surface area contributed by atoms with Crippen molar-refractivity contribution in [3.63, 3.8) is 0 Å². The Balaban J connectivity index is 1.69. The molecule has 2 aliphatic rings. The number of carbonyl (C=O) groups excluding carboxylic acids is 1. The van der Waals surface area contributed by atoms with E-state index in [1.54, 1.807) is 10.9 Å². The van der Waals surface area contributed by atoms with Crippen LogP contribution in [0.25, 0.3) is 0 Å². The fraction of sp³-hybridized carbons (Fsp3) is 0.727. The van der Waals surface area contributed by atoms with Crippen LogP contribution in [-0.2, 0) is 4.74 Å². The molecule has 1 aromatic heterocycles. The summed E-state index contributed by atoms with van der Waals surface area (Å²) in [6.45, 7) is 3.18. The maximum atomic E-state index is 12.2. The van der Waals surface area contributed by atoms with Crippen molar-refractivity contribution in [3.05, 3.63) is 11.9 Å². The highest BCUT2D eigenvalue weighted by molar-refractivity contribution is 5.95. The Morgan fingerprint density at radius 1 is 1.41 bits per heavy atom. The van der Waals surface area contributed by atoms with Crippen molar-refractivity contribution >= 4 is 5.78 Å². The van der Waals surface area contributed by atoms with Crippen LogP contribution in [0.15, 0.2) is 6.20 Å². The number of ketones is 1. The molecule has 17 heavy (non-hydrogen) atoms. The Morgan fingerprint density at radius 2 is 2.18 bits per heavy atom. The van der Waals surface area contributed by atoms with E-state index in [-0.39, 0.29) is 11.7 Å². The molecular weight excluding hydrogens is 220 g/mol. The molecular formula is C11H16N4O2. The van der Waals surface area contributed by atoms with Gasteiger partial charge in [-0.3, -0.25) is 4.79 Å². The van der Waals surface area contributed by atoms with Crippen LogP contribution in [0.3, 0.4) is 0 Å². The van der Waals surface area contributed by atoms with Crippen LogP contribution in [0.4, 0.5) is 0 Å². The summed E-state index contributed by atoms with van der Waals surface area (Å²) >= 11 is 0. The van der Waals surface area contributed by atoms with Crippen LogP contribution in [0.5, 0.6) is 0 Å². The second kappa shape index (κ2) is 4.54. The van der Waals surface area contributed by atoms with Gasteiger partial charge < -0.3 is 10.1 Å². The molecule has 6 heteroatoms. The minimum Gasteiger partial charge on any atom is -0.381 e. The first-order valence-corrected chi connectivity index (χ1v) is 6.09. The molecule has 3 heterocycles. The Labute approximate surface area is 99.3 Å². The number of nitrogens with zero attached hydrogens (tertiary/aromatic N) is 3. The molecule has 0 unspecified atom stereocenters. The van der Waals surface area contributed by atoms with Crippen LogP contribution in [-0.4, -0.2) is 47.1 Å². The zero-order valence-corrected chi connectivity index (χ0v) is 9.63. The number of ether oxygens (including phenoxy) is 1. The summed E-state index contributed by atoms with van der Waals surface area (Å²) in [6, 6.07) is 0.360. The van der Waals surface area contributed by atoms with E-state index in [1.165, 1.54) is 0 Å². The first kappa shape index (κ1) is 10.9. The summed E-state index contributed by atoms with van der Waals surface area (Å²) < 4.78 is 7.05. The van der Waals surface area contributed by atoms with Gasteiger partial charge in [0.1, 0.15) is 5.69 Å². The standard InChI is InChI=1S/C11H16N4O2/c16-11(8-1-3-17-4-2-8)10-7-15(14-13-10)9-5-12-6-9/h7-9,12H,1-6H2. The van der Waals surface area contributed by atoms with Gasteiger partial charge in [0.15, 0.2) is 5.78 Å². The van der Waals surface area contributed by atoms with E-state index in [1.807, 2.05) is 0 Å². The van der Waals surface area contributed by atoms with Crippen molar-refractivity contribution in [2.75, 3.05) is 26.3 Å². The minimum atomic E-state index is 0.0633. The molecule has 0 saturated carbocycles. The van der Waals surface area contributed by atoms with Crippen LogP contribution >= 0.6 is 0 Å². The molecule has 92 valence electrons. The highest BCUT2D eigenvalue weighted by Crippen LogP contribution is 2.19. The van der Waals surface area contributed by atoms with Gasteiger partial charge in [-0.1, -0.05) is 5.21 Å². The second-order valence-corrected chi connectivity index (χ2v) is 4.65. The SMILES string of the molecule is O=C(c1cn(C2CNC2)nn1)C1CCOCC1. The van der Waals surface area contributed by atoms with E-state index < -0.39 is 0 Å². The molecule has 0 radical (unpaired) electrons. The highest BCUT2D eigenvalue weighted by atomic mass is 16.5. The van der Waals surface area contributed by atoms with Crippen molar-refractivity contribution in [3.8, 4) is 0 Å². The molecule has 2 aliphatic heterocycles. The Bertz CT molecular complexity index is 407. The zero-order valence-electron chi connectivity index (χ0n) is 9.63. The molecule has 0 bridgehead atoms. The third-order valence-corrected chi connectivity index (χ3v) is 3.49. The van der Waals surface area contributed by atoms with E-state index in [9.17, 15) is 4.79 Å². The normalized spacial score (nSPS) is 22.4. The maximum absolute atomic E-state index is 12.2. The van der Waals surface area contributed by atoms with E-state index in [2.05, 4.69) is 15.6 Å². The predicted octanol–water partition coefficient (Wildman–Crippen LogP) is 0.0317. The largest absolute Gasteiger partial charge is 0.381 e. The van der Waals surface area contributed by atoms with Gasteiger partial charge >= 0.3 is 0 Å². The number of Topliss-reactive ketones (excluding diaryl/α,β-unsaturated/α-hetero) is 1. The van der Waals surface area contributed by atoms with E-state index in [0.29, 0.717) is 24.9 Å². The molecule has 0 amide bonds. The second-order valence-electron chi connectivity index (χ2n) is 4.65. The molecule has 0 spiro atoms. The molecule has 0 aromatic carbocycles. The fourth-order valence-electron chi connectivity index (χ4n) is 2.20. The smallest absolute Gasteiger partial charge is 0.187 e. The van der Waals surface area contributed by atoms with Gasteiger partial charge in [-0.05, 0) is 12.8 Å². The molecule has 0 atom stereocenters. The van der Waals surface area contributed by atoms with Crippen LogP contribution < -0.4 is 5.32 Å². The summed E-state index contributed by atoms with van der Waals surface area (Å²) in [7, 11) is 0. The average Bonchev–Trinajstić information content (AvgIpc) is 2.76. The van der Waals surface area contributed by atoms with Crippen LogP contribution in [0, 0.1) is 5.92 Å². The molecule has 1 aromatic rings. The van der Waals surface area contributed by atoms with E-state index in [4.69, 9.17) is 4.74 Å². The molecule has 0 aliphatic carbocycles. The van der Waals surface area contributed by atoms with E-state index >= 15 is 0 Å². The topological polar surface area (TPSA) is 69.0 Å². The van der Waals surface area contributed by atoms with Gasteiger partial charge in [-0.25, -0.2) is 4.68 Å². The summed E-state index contributed by atoms with van der Waals surface area (Å²) in [5.41, 5.74) is 0.504. The number of hydrogen-bond donors (Lipinski definition) is 1. The minimum absolute atomic E-state index is 0.0633. The van der Waals surface area contributed by atoms with Crippen LogP contribution in [0.2, 0.25) is 0 Å². The summed E-state index contributed by atoms with van der Waals surface area (Å²) in [5.74, 6) is 0.181. The van der Waals surface area contributed by atoms with Crippen molar-refractivity contribution in [1.82, 2.24) is 20.3 Å². The Morgan fingerprint density at radius 3 is 2.82 bits per heavy atom. The monoisotopic (exact) mass is 236 g/mol. The van der Waals surface area contributed by atoms with Crippen molar-refractivity contribution < 1.29 is 9.53 Å². The molecule has 2 saturated heterocycles. The lowest BCUT2D eigenvalue weighted by molar-refractivity contribution is 0.0541. The lowest BCUT2D eigenvalue weighted by Crippen LogP contribution is -2.43. The summed E-state index contributed by atoms with van der Waals surface area (Å²) in [5, 5.41) is 11.2. The lowest BCUT2D eigenvalue weighted by Gasteiger charge is -2.26. The fourth-order valence-corrected chi connectivity index (χ4v) is 2.20. The number of rotatable bonds is 3. The van der Waals surface area contributed by atoms with Gasteiger partial charge in [0.05, 0.1) is 12.2 Å². The number of carbonyl (C=O) groups is 1. The first-order valence-electron chi connectivity index (χ1n) is 6.09. The van der Waals surface area contributed by atoms with Gasteiger partial charge in [0.2, 0.25) is 0 Å².